The maximum absolute atomic E-state index is 12.2. The van der Waals surface area contributed by atoms with Crippen molar-refractivity contribution < 1.29 is 23.8 Å². The number of rotatable bonds is 7. The first kappa shape index (κ1) is 18.6. The number of ether oxygens (including phenoxy) is 3. The molecule has 0 aromatic heterocycles. The predicted octanol–water partition coefficient (Wildman–Crippen LogP) is 2.15. The summed E-state index contributed by atoms with van der Waals surface area (Å²) in [6, 6.07) is 12.8. The van der Waals surface area contributed by atoms with Gasteiger partial charge in [-0.1, -0.05) is 18.2 Å². The highest BCUT2D eigenvalue weighted by Gasteiger charge is 2.29. The number of benzene rings is 2. The Bertz CT molecular complexity index is 837. The van der Waals surface area contributed by atoms with Crippen LogP contribution in [0, 0.1) is 0 Å². The Hall–Kier alpha value is -3.22. The Balaban J connectivity index is 1.50. The van der Waals surface area contributed by atoms with Crippen LogP contribution in [-0.4, -0.2) is 38.7 Å². The number of amides is 2. The Kier molecular flexibility index (Phi) is 5.80. The van der Waals surface area contributed by atoms with Crippen molar-refractivity contribution in [3.05, 3.63) is 48.0 Å². The summed E-state index contributed by atoms with van der Waals surface area (Å²) >= 11 is 0. The minimum Gasteiger partial charge on any atom is -0.493 e. The highest BCUT2D eigenvalue weighted by molar-refractivity contribution is 5.99. The van der Waals surface area contributed by atoms with Crippen LogP contribution in [-0.2, 0) is 16.0 Å². The van der Waals surface area contributed by atoms with Crippen molar-refractivity contribution in [1.29, 1.82) is 0 Å². The summed E-state index contributed by atoms with van der Waals surface area (Å²) in [5.41, 5.74) is 1.63. The minimum absolute atomic E-state index is 0.0356. The molecule has 1 heterocycles. The fourth-order valence-electron chi connectivity index (χ4n) is 2.85. The molecule has 2 aromatic carbocycles. The van der Waals surface area contributed by atoms with Gasteiger partial charge in [0, 0.05) is 6.54 Å². The van der Waals surface area contributed by atoms with Gasteiger partial charge in [0.1, 0.15) is 5.75 Å². The van der Waals surface area contributed by atoms with Gasteiger partial charge in [-0.25, -0.2) is 0 Å². The summed E-state index contributed by atoms with van der Waals surface area (Å²) in [5, 5.41) is 5.57. The van der Waals surface area contributed by atoms with Crippen molar-refractivity contribution in [2.45, 2.75) is 18.9 Å². The lowest BCUT2D eigenvalue weighted by Crippen LogP contribution is -2.41. The van der Waals surface area contributed by atoms with Crippen LogP contribution in [0.25, 0.3) is 0 Å². The zero-order chi connectivity index (χ0) is 19.2. The molecule has 27 heavy (non-hydrogen) atoms. The normalized spacial score (nSPS) is 15.2. The minimum atomic E-state index is -0.832. The van der Waals surface area contributed by atoms with E-state index in [0.29, 0.717) is 35.9 Å². The van der Waals surface area contributed by atoms with Crippen molar-refractivity contribution in [2.24, 2.45) is 0 Å². The fourth-order valence-corrected chi connectivity index (χ4v) is 2.85. The fraction of sp³-hybridized carbons (Fsp3) is 0.300. The average Bonchev–Trinajstić information content (AvgIpc) is 2.68. The molecule has 1 atom stereocenters. The third-order valence-electron chi connectivity index (χ3n) is 4.26. The summed E-state index contributed by atoms with van der Waals surface area (Å²) in [5.74, 6) is 1.32. The van der Waals surface area contributed by atoms with Gasteiger partial charge in [0.25, 0.3) is 5.91 Å². The molecule has 0 unspecified atom stereocenters. The van der Waals surface area contributed by atoms with Crippen molar-refractivity contribution in [2.75, 3.05) is 26.1 Å². The zero-order valence-electron chi connectivity index (χ0n) is 15.3. The number of carbonyl (C=O) groups excluding carboxylic acids is 2. The van der Waals surface area contributed by atoms with Gasteiger partial charge in [-0.05, 0) is 36.2 Å². The van der Waals surface area contributed by atoms with Crippen LogP contribution in [0.15, 0.2) is 42.5 Å². The Morgan fingerprint density at radius 1 is 1.15 bits per heavy atom. The summed E-state index contributed by atoms with van der Waals surface area (Å²) in [7, 11) is 3.16. The molecule has 7 nitrogen and oxygen atoms in total. The number of hydrogen-bond acceptors (Lipinski definition) is 5. The molecule has 0 saturated heterocycles. The first-order valence-corrected chi connectivity index (χ1v) is 8.65. The Morgan fingerprint density at radius 3 is 2.70 bits per heavy atom. The van der Waals surface area contributed by atoms with Crippen LogP contribution in [0.2, 0.25) is 0 Å². The lowest BCUT2D eigenvalue weighted by Gasteiger charge is -2.25. The molecule has 3 rings (SSSR count). The van der Waals surface area contributed by atoms with E-state index in [1.54, 1.807) is 26.4 Å². The van der Waals surface area contributed by atoms with E-state index in [-0.39, 0.29) is 18.2 Å². The molecule has 0 spiro atoms. The summed E-state index contributed by atoms with van der Waals surface area (Å²) in [6.45, 7) is 0.444. The highest BCUT2D eigenvalue weighted by atomic mass is 16.5. The zero-order valence-corrected chi connectivity index (χ0v) is 15.3. The van der Waals surface area contributed by atoms with Gasteiger partial charge < -0.3 is 24.8 Å². The second-order valence-corrected chi connectivity index (χ2v) is 6.09. The number of anilines is 1. The van der Waals surface area contributed by atoms with Crippen molar-refractivity contribution >= 4 is 17.5 Å². The van der Waals surface area contributed by atoms with Crippen LogP contribution in [0.4, 0.5) is 5.69 Å². The molecule has 0 radical (unpaired) electrons. The van der Waals surface area contributed by atoms with Gasteiger partial charge in [-0.3, -0.25) is 9.59 Å². The van der Waals surface area contributed by atoms with Crippen LogP contribution < -0.4 is 24.8 Å². The first-order chi connectivity index (χ1) is 13.1. The first-order valence-electron chi connectivity index (χ1n) is 8.65. The maximum atomic E-state index is 12.2. The van der Waals surface area contributed by atoms with Crippen molar-refractivity contribution in [3.63, 3.8) is 0 Å². The second kappa shape index (κ2) is 8.44. The molecule has 142 valence electrons. The second-order valence-electron chi connectivity index (χ2n) is 6.09. The molecule has 0 bridgehead atoms. The van der Waals surface area contributed by atoms with Gasteiger partial charge in [0.05, 0.1) is 26.3 Å². The molecule has 0 saturated carbocycles. The third-order valence-corrected chi connectivity index (χ3v) is 4.26. The Labute approximate surface area is 157 Å². The Morgan fingerprint density at radius 2 is 1.93 bits per heavy atom. The standard InChI is InChI=1S/C20H22N2O5/c1-25-16-8-7-13(11-17(16)26-2)9-10-21-19(23)12-18-20(24)22-14-5-3-4-6-15(14)27-18/h3-8,11,18H,9-10,12H2,1-2H3,(H,21,23)(H,22,24)/t18-/m1/s1. The maximum Gasteiger partial charge on any atom is 0.266 e. The average molecular weight is 370 g/mol. The van der Waals surface area contributed by atoms with E-state index in [4.69, 9.17) is 14.2 Å². The van der Waals surface area contributed by atoms with Crippen LogP contribution in [0.5, 0.6) is 17.2 Å². The van der Waals surface area contributed by atoms with Crippen molar-refractivity contribution in [3.8, 4) is 17.2 Å². The molecule has 2 amide bonds. The summed E-state index contributed by atoms with van der Waals surface area (Å²) < 4.78 is 16.1. The van der Waals surface area contributed by atoms with E-state index in [9.17, 15) is 9.59 Å². The number of fused-ring (bicyclic) bond motifs is 1. The van der Waals surface area contributed by atoms with Crippen molar-refractivity contribution in [1.82, 2.24) is 5.32 Å². The van der Waals surface area contributed by atoms with Gasteiger partial charge in [0.15, 0.2) is 17.6 Å². The van der Waals surface area contributed by atoms with Gasteiger partial charge >= 0.3 is 0 Å². The van der Waals surface area contributed by atoms with E-state index in [0.717, 1.165) is 5.56 Å². The monoisotopic (exact) mass is 370 g/mol. The van der Waals surface area contributed by atoms with Crippen LogP contribution >= 0.6 is 0 Å². The van der Waals surface area contributed by atoms with E-state index < -0.39 is 6.10 Å². The molecule has 2 N–H and O–H groups in total. The van der Waals surface area contributed by atoms with E-state index in [1.807, 2.05) is 30.3 Å². The topological polar surface area (TPSA) is 85.9 Å². The van der Waals surface area contributed by atoms with Gasteiger partial charge in [0.2, 0.25) is 5.91 Å². The highest BCUT2D eigenvalue weighted by Crippen LogP contribution is 2.29. The SMILES string of the molecule is COc1ccc(CCNC(=O)C[C@H]2Oc3ccccc3NC2=O)cc1OC. The van der Waals surface area contributed by atoms with E-state index in [1.165, 1.54) is 0 Å². The number of para-hydroxylation sites is 2. The largest absolute Gasteiger partial charge is 0.493 e. The van der Waals surface area contributed by atoms with Gasteiger partial charge in [-0.15, -0.1) is 0 Å². The molecular weight excluding hydrogens is 348 g/mol. The number of hydrogen-bond donors (Lipinski definition) is 2. The molecule has 2 aromatic rings. The molecule has 0 fully saturated rings. The van der Waals surface area contributed by atoms with Gasteiger partial charge in [-0.2, -0.15) is 0 Å². The quantitative estimate of drug-likeness (QED) is 0.780. The van der Waals surface area contributed by atoms with E-state index >= 15 is 0 Å². The molecular formula is C20H22N2O5. The smallest absolute Gasteiger partial charge is 0.266 e. The number of methoxy groups -OCH3 is 2. The molecule has 1 aliphatic heterocycles. The predicted molar refractivity (Wildman–Crippen MR) is 100 cm³/mol. The molecule has 7 heteroatoms. The van der Waals surface area contributed by atoms with Crippen LogP contribution in [0.1, 0.15) is 12.0 Å². The van der Waals surface area contributed by atoms with Crippen LogP contribution in [0.3, 0.4) is 0 Å². The summed E-state index contributed by atoms with van der Waals surface area (Å²) in [4.78, 5) is 24.2. The molecule has 0 aliphatic carbocycles. The molecule has 1 aliphatic rings. The third kappa shape index (κ3) is 4.49. The summed E-state index contributed by atoms with van der Waals surface area (Å²) in [6.07, 6.45) is -0.236. The lowest BCUT2D eigenvalue weighted by atomic mass is 10.1. The number of nitrogens with one attached hydrogen (secondary N) is 2. The number of carbonyl (C=O) groups is 2. The lowest BCUT2D eigenvalue weighted by molar-refractivity contribution is -0.130. The van der Waals surface area contributed by atoms with E-state index in [2.05, 4.69) is 10.6 Å².